The molecule has 2 aromatic heterocycles. The van der Waals surface area contributed by atoms with Gasteiger partial charge in [-0.1, -0.05) is 18.1 Å². The van der Waals surface area contributed by atoms with Crippen LogP contribution in [0.15, 0.2) is 60.7 Å². The van der Waals surface area contributed by atoms with Crippen LogP contribution in [0.5, 0.6) is 5.88 Å². The number of nitrogens with one attached hydrogen (secondary N) is 4. The summed E-state index contributed by atoms with van der Waals surface area (Å²) in [7, 11) is 1.50. The zero-order chi connectivity index (χ0) is 34.4. The topological polar surface area (TPSA) is 110 Å². The molecule has 14 heteroatoms. The lowest BCUT2D eigenvalue weighted by Gasteiger charge is -2.29. The van der Waals surface area contributed by atoms with Crippen molar-refractivity contribution >= 4 is 33.1 Å². The maximum atomic E-state index is 14.1. The lowest BCUT2D eigenvalue weighted by Crippen LogP contribution is -2.48. The molecule has 3 heterocycles. The van der Waals surface area contributed by atoms with Gasteiger partial charge in [-0.2, -0.15) is 18.4 Å². The van der Waals surface area contributed by atoms with Crippen molar-refractivity contribution in [3.8, 4) is 24.3 Å². The molecule has 1 atom stereocenters. The maximum Gasteiger partial charge on any atom is 0.395 e. The number of ether oxygens (including phenoxy) is 1. The van der Waals surface area contributed by atoms with E-state index in [9.17, 15) is 27.2 Å². The van der Waals surface area contributed by atoms with Crippen molar-refractivity contribution in [1.82, 2.24) is 25.9 Å². The molecule has 1 aliphatic carbocycles. The minimum Gasteiger partial charge on any atom is -0.481 e. The molecule has 248 valence electrons. The van der Waals surface area contributed by atoms with Crippen molar-refractivity contribution in [1.29, 1.82) is 5.26 Å². The average molecular weight is 663 g/mol. The molecule has 0 amide bonds. The normalized spacial score (nSPS) is 16.2. The summed E-state index contributed by atoms with van der Waals surface area (Å²) in [6.45, 7) is 1.65. The van der Waals surface area contributed by atoms with Gasteiger partial charge in [-0.25, -0.2) is 13.8 Å². The molecular weight excluding hydrogens is 631 g/mol. The van der Waals surface area contributed by atoms with Crippen molar-refractivity contribution in [2.45, 2.75) is 50.9 Å². The fraction of sp³-hybridized carbons (Fsp3) is 0.324. The van der Waals surface area contributed by atoms with Crippen LogP contribution in [0.3, 0.4) is 0 Å². The Kier molecular flexibility index (Phi) is 8.17. The Morgan fingerprint density at radius 3 is 2.52 bits per heavy atom. The number of fused-ring (bicyclic) bond motifs is 2. The summed E-state index contributed by atoms with van der Waals surface area (Å²) in [6.07, 6.45) is 3.78. The highest BCUT2D eigenvalue weighted by Crippen LogP contribution is 2.47. The summed E-state index contributed by atoms with van der Waals surface area (Å²) in [4.78, 5) is 8.66. The molecule has 1 saturated carbocycles. The van der Waals surface area contributed by atoms with E-state index in [1.54, 1.807) is 30.6 Å². The number of nitriles is 1. The SMILES string of the molecule is C#Cc1cnc2c(C#N)cc(N[C@H](C3=CN(C4(C(F)F)CC4)NN3)c3cccc4c(OC)nccc34)cc2c1NCC(C)(C)C(F)(F)F. The number of rotatable bonds is 10. The number of aromatic nitrogens is 2. The van der Waals surface area contributed by atoms with E-state index in [-0.39, 0.29) is 22.3 Å². The van der Waals surface area contributed by atoms with E-state index >= 15 is 0 Å². The van der Waals surface area contributed by atoms with E-state index in [4.69, 9.17) is 11.2 Å². The number of hydrazine groups is 2. The number of terminal acetylenes is 1. The van der Waals surface area contributed by atoms with Crippen LogP contribution in [0.1, 0.15) is 49.4 Å². The van der Waals surface area contributed by atoms with Crippen LogP contribution in [-0.4, -0.2) is 46.8 Å². The van der Waals surface area contributed by atoms with Gasteiger partial charge in [0, 0.05) is 41.6 Å². The lowest BCUT2D eigenvalue weighted by molar-refractivity contribution is -0.206. The van der Waals surface area contributed by atoms with Crippen molar-refractivity contribution in [3.63, 3.8) is 0 Å². The van der Waals surface area contributed by atoms with Gasteiger partial charge in [0.1, 0.15) is 11.6 Å². The van der Waals surface area contributed by atoms with Gasteiger partial charge in [0.2, 0.25) is 5.88 Å². The second-order valence-electron chi connectivity index (χ2n) is 12.4. The molecule has 4 N–H and O–H groups in total. The van der Waals surface area contributed by atoms with E-state index in [0.29, 0.717) is 40.9 Å². The second-order valence-corrected chi connectivity index (χ2v) is 12.4. The second kappa shape index (κ2) is 12.0. The Labute approximate surface area is 273 Å². The molecule has 0 spiro atoms. The summed E-state index contributed by atoms with van der Waals surface area (Å²) >= 11 is 0. The van der Waals surface area contributed by atoms with Gasteiger partial charge < -0.3 is 20.8 Å². The first-order chi connectivity index (χ1) is 22.8. The van der Waals surface area contributed by atoms with Crippen LogP contribution in [0.4, 0.5) is 33.3 Å². The zero-order valence-corrected chi connectivity index (χ0v) is 26.1. The number of hydrogen-bond acceptors (Lipinski definition) is 9. The third-order valence-corrected chi connectivity index (χ3v) is 8.89. The number of halogens is 5. The molecule has 2 aromatic carbocycles. The van der Waals surface area contributed by atoms with Crippen LogP contribution in [0.25, 0.3) is 21.7 Å². The monoisotopic (exact) mass is 662 g/mol. The summed E-state index contributed by atoms with van der Waals surface area (Å²) < 4.78 is 74.9. The first kappa shape index (κ1) is 32.6. The smallest absolute Gasteiger partial charge is 0.395 e. The van der Waals surface area contributed by atoms with E-state index in [0.717, 1.165) is 24.8 Å². The Hall–Kier alpha value is -5.34. The fourth-order valence-electron chi connectivity index (χ4n) is 5.70. The van der Waals surface area contributed by atoms with Crippen LogP contribution >= 0.6 is 0 Å². The summed E-state index contributed by atoms with van der Waals surface area (Å²) in [5, 5.41) is 19.6. The molecule has 4 aromatic rings. The van der Waals surface area contributed by atoms with E-state index in [1.165, 1.54) is 18.3 Å². The Morgan fingerprint density at radius 2 is 1.88 bits per heavy atom. The molecule has 6 rings (SSSR count). The average Bonchev–Trinajstić information content (AvgIpc) is 3.74. The molecule has 0 radical (unpaired) electrons. The summed E-state index contributed by atoms with van der Waals surface area (Å²) in [5.74, 6) is 2.86. The number of pyridine rings is 2. The molecule has 48 heavy (non-hydrogen) atoms. The number of benzene rings is 2. The molecule has 0 saturated heterocycles. The van der Waals surface area contributed by atoms with Crippen molar-refractivity contribution in [2.24, 2.45) is 5.41 Å². The Morgan fingerprint density at radius 1 is 1.10 bits per heavy atom. The highest BCUT2D eigenvalue weighted by Gasteiger charge is 2.56. The standard InChI is InChI=1S/C34H31F5N8O/c1-5-19-16-42-28-20(15-40)13-21(14-25(28)27(19)43-18-32(2,3)34(37,38)39)44-29(26-17-47(46-45-26)33(10-11-33)31(35)36)23-7-6-8-24-22(23)9-12-41-30(24)48-4/h1,6-9,12-14,16-17,29,31,44-46H,10-11,18H2,2-4H3,(H,42,43)/t29-/m0/s1. The quantitative estimate of drug-likeness (QED) is 0.108. The van der Waals surface area contributed by atoms with Gasteiger partial charge in [0.05, 0.1) is 46.6 Å². The van der Waals surface area contributed by atoms with Crippen molar-refractivity contribution < 1.29 is 26.7 Å². The summed E-state index contributed by atoms with van der Waals surface area (Å²) in [6, 6.07) is 11.9. The third kappa shape index (κ3) is 5.62. The minimum atomic E-state index is -4.50. The van der Waals surface area contributed by atoms with Gasteiger partial charge in [-0.3, -0.25) is 9.99 Å². The van der Waals surface area contributed by atoms with Gasteiger partial charge >= 0.3 is 6.18 Å². The van der Waals surface area contributed by atoms with Crippen LogP contribution < -0.4 is 26.3 Å². The highest BCUT2D eigenvalue weighted by atomic mass is 19.4. The molecule has 0 bridgehead atoms. The van der Waals surface area contributed by atoms with Crippen molar-refractivity contribution in [2.75, 3.05) is 24.3 Å². The van der Waals surface area contributed by atoms with Crippen LogP contribution in [-0.2, 0) is 0 Å². The zero-order valence-electron chi connectivity index (χ0n) is 26.1. The molecule has 9 nitrogen and oxygen atoms in total. The summed E-state index contributed by atoms with van der Waals surface area (Å²) in [5.41, 5.74) is 4.88. The fourth-order valence-corrected chi connectivity index (χ4v) is 5.70. The Bertz CT molecular complexity index is 2010. The van der Waals surface area contributed by atoms with Gasteiger partial charge in [0.15, 0.2) is 0 Å². The molecule has 1 aliphatic heterocycles. The largest absolute Gasteiger partial charge is 0.481 e. The van der Waals surface area contributed by atoms with Gasteiger partial charge in [-0.15, -0.1) is 12.0 Å². The van der Waals surface area contributed by atoms with Crippen LogP contribution in [0.2, 0.25) is 0 Å². The number of hydrogen-bond donors (Lipinski definition) is 4. The molecule has 0 unspecified atom stereocenters. The molecule has 2 aliphatic rings. The number of methoxy groups -OCH3 is 1. The van der Waals surface area contributed by atoms with Crippen LogP contribution in [0, 0.1) is 29.1 Å². The van der Waals surface area contributed by atoms with E-state index < -0.39 is 36.1 Å². The lowest BCUT2D eigenvalue weighted by atomic mass is 9.92. The number of nitrogens with zero attached hydrogens (tertiary/aromatic N) is 4. The maximum absolute atomic E-state index is 14.1. The third-order valence-electron chi connectivity index (χ3n) is 8.89. The van der Waals surface area contributed by atoms with E-state index in [1.807, 2.05) is 18.2 Å². The minimum absolute atomic E-state index is 0.141. The first-order valence-electron chi connectivity index (χ1n) is 15.0. The van der Waals surface area contributed by atoms with Crippen molar-refractivity contribution in [3.05, 3.63) is 77.4 Å². The van der Waals surface area contributed by atoms with Gasteiger partial charge in [-0.05, 0) is 61.9 Å². The highest BCUT2D eigenvalue weighted by molar-refractivity contribution is 5.99. The number of anilines is 2. The first-order valence-corrected chi connectivity index (χ1v) is 15.0. The molecular formula is C34H31F5N8O. The van der Waals surface area contributed by atoms with E-state index in [2.05, 4.69) is 43.6 Å². The number of alkyl halides is 5. The van der Waals surface area contributed by atoms with Gasteiger partial charge in [0.25, 0.3) is 6.43 Å². The predicted molar refractivity (Wildman–Crippen MR) is 172 cm³/mol. The molecule has 1 fully saturated rings. The Balaban J connectivity index is 1.49. The predicted octanol–water partition coefficient (Wildman–Crippen LogP) is 6.76.